The zero-order valence-electron chi connectivity index (χ0n) is 11.8. The lowest BCUT2D eigenvalue weighted by atomic mass is 10.1. The number of benzene rings is 1. The molecule has 8 heteroatoms. The topological polar surface area (TPSA) is 105 Å². The van der Waals surface area contributed by atoms with E-state index >= 15 is 0 Å². The molecule has 1 fully saturated rings. The van der Waals surface area contributed by atoms with Crippen LogP contribution in [0.2, 0.25) is 0 Å². The molecule has 116 valence electrons. The number of oxime groups is 1. The monoisotopic (exact) mass is 313 g/mol. The first-order chi connectivity index (χ1) is 9.95. The smallest absolute Gasteiger partial charge is 0.237 e. The van der Waals surface area contributed by atoms with Crippen molar-refractivity contribution in [1.82, 2.24) is 0 Å². The minimum atomic E-state index is -3.54. The van der Waals surface area contributed by atoms with Gasteiger partial charge in [0, 0.05) is 19.2 Å². The molecule has 1 atom stereocenters. The molecule has 0 radical (unpaired) electrons. The summed E-state index contributed by atoms with van der Waals surface area (Å²) in [4.78, 5) is 0. The van der Waals surface area contributed by atoms with E-state index in [2.05, 4.69) is 5.16 Å². The zero-order chi connectivity index (χ0) is 15.5. The van der Waals surface area contributed by atoms with E-state index in [9.17, 15) is 8.42 Å². The highest BCUT2D eigenvalue weighted by molar-refractivity contribution is 7.92. The molecule has 1 saturated heterocycles. The lowest BCUT2D eigenvalue weighted by Crippen LogP contribution is -2.35. The Morgan fingerprint density at radius 3 is 2.86 bits per heavy atom. The number of amidine groups is 1. The van der Waals surface area contributed by atoms with Crippen LogP contribution in [-0.2, 0) is 14.8 Å². The van der Waals surface area contributed by atoms with Crippen molar-refractivity contribution in [3.63, 3.8) is 0 Å². The summed E-state index contributed by atoms with van der Waals surface area (Å²) in [6.45, 7) is 0.602. The SMILES string of the molecule is CN(c1ccccc1/C(N)=N/O)S(=O)(=O)CC1CCCO1. The number of hydrogen-bond acceptors (Lipinski definition) is 5. The fourth-order valence-corrected chi connectivity index (χ4v) is 3.71. The summed E-state index contributed by atoms with van der Waals surface area (Å²) < 4.78 is 31.4. The van der Waals surface area contributed by atoms with E-state index in [1.54, 1.807) is 24.3 Å². The maximum atomic E-state index is 12.5. The van der Waals surface area contributed by atoms with Gasteiger partial charge in [0.1, 0.15) is 0 Å². The number of sulfonamides is 1. The fourth-order valence-electron chi connectivity index (χ4n) is 2.29. The van der Waals surface area contributed by atoms with Crippen molar-refractivity contribution in [2.45, 2.75) is 18.9 Å². The van der Waals surface area contributed by atoms with Gasteiger partial charge in [-0.05, 0) is 25.0 Å². The van der Waals surface area contributed by atoms with Crippen molar-refractivity contribution in [2.75, 3.05) is 23.7 Å². The van der Waals surface area contributed by atoms with Crippen molar-refractivity contribution in [2.24, 2.45) is 10.9 Å². The predicted octanol–water partition coefficient (Wildman–Crippen LogP) is 0.726. The first-order valence-electron chi connectivity index (χ1n) is 6.61. The maximum absolute atomic E-state index is 12.5. The Bertz CT molecular complexity index is 624. The molecule has 1 heterocycles. The number of rotatable bonds is 5. The third-order valence-corrected chi connectivity index (χ3v) is 5.29. The van der Waals surface area contributed by atoms with Gasteiger partial charge in [-0.25, -0.2) is 8.42 Å². The molecule has 1 aromatic carbocycles. The van der Waals surface area contributed by atoms with Gasteiger partial charge in [-0.1, -0.05) is 17.3 Å². The summed E-state index contributed by atoms with van der Waals surface area (Å²) in [5, 5.41) is 11.7. The number of nitrogens with two attached hydrogens (primary N) is 1. The molecule has 0 spiro atoms. The Kier molecular flexibility index (Phi) is 4.69. The van der Waals surface area contributed by atoms with Gasteiger partial charge in [-0.2, -0.15) is 0 Å². The average Bonchev–Trinajstić information content (AvgIpc) is 2.97. The van der Waals surface area contributed by atoms with Crippen LogP contribution in [0, 0.1) is 0 Å². The van der Waals surface area contributed by atoms with Gasteiger partial charge in [-0.15, -0.1) is 0 Å². The second-order valence-corrected chi connectivity index (χ2v) is 6.93. The highest BCUT2D eigenvalue weighted by Gasteiger charge is 2.28. The summed E-state index contributed by atoms with van der Waals surface area (Å²) in [6.07, 6.45) is 1.35. The number of nitrogens with zero attached hydrogens (tertiary/aromatic N) is 2. The van der Waals surface area contributed by atoms with Crippen molar-refractivity contribution in [1.29, 1.82) is 0 Å². The molecule has 0 aromatic heterocycles. The second kappa shape index (κ2) is 6.31. The molecule has 1 aliphatic rings. The number of anilines is 1. The van der Waals surface area contributed by atoms with Gasteiger partial charge >= 0.3 is 0 Å². The van der Waals surface area contributed by atoms with Crippen LogP contribution < -0.4 is 10.0 Å². The average molecular weight is 313 g/mol. The van der Waals surface area contributed by atoms with Crippen molar-refractivity contribution < 1.29 is 18.4 Å². The molecule has 3 N–H and O–H groups in total. The molecular weight excluding hydrogens is 294 g/mol. The Morgan fingerprint density at radius 1 is 1.52 bits per heavy atom. The third kappa shape index (κ3) is 3.45. The number of para-hydroxylation sites is 1. The normalized spacial score (nSPS) is 19.7. The van der Waals surface area contributed by atoms with Crippen LogP contribution in [0.15, 0.2) is 29.4 Å². The Hall–Kier alpha value is -1.80. The van der Waals surface area contributed by atoms with Crippen LogP contribution in [0.25, 0.3) is 0 Å². The van der Waals surface area contributed by atoms with Gasteiger partial charge in [0.25, 0.3) is 0 Å². The molecular formula is C13H19N3O4S. The first-order valence-corrected chi connectivity index (χ1v) is 8.22. The van der Waals surface area contributed by atoms with Crippen LogP contribution in [0.1, 0.15) is 18.4 Å². The van der Waals surface area contributed by atoms with Crippen LogP contribution in [-0.4, -0.2) is 45.0 Å². The first kappa shape index (κ1) is 15.6. The number of hydrogen-bond donors (Lipinski definition) is 2. The predicted molar refractivity (Wildman–Crippen MR) is 80.1 cm³/mol. The highest BCUT2D eigenvalue weighted by Crippen LogP contribution is 2.24. The van der Waals surface area contributed by atoms with E-state index in [0.717, 1.165) is 17.1 Å². The fraction of sp³-hybridized carbons (Fsp3) is 0.462. The lowest BCUT2D eigenvalue weighted by molar-refractivity contribution is 0.127. The molecule has 0 amide bonds. The Labute approximate surface area is 124 Å². The molecule has 7 nitrogen and oxygen atoms in total. The Balaban J connectivity index is 2.28. The van der Waals surface area contributed by atoms with Crippen LogP contribution in [0.4, 0.5) is 5.69 Å². The standard InChI is InChI=1S/C13H19N3O4S/c1-16(21(18,19)9-10-5-4-8-20-10)12-7-3-2-6-11(12)13(14)15-17/h2-3,6-7,10,17H,4-5,8-9H2,1H3,(H2,14,15). The zero-order valence-corrected chi connectivity index (χ0v) is 12.6. The molecule has 0 saturated carbocycles. The molecule has 2 rings (SSSR count). The summed E-state index contributed by atoms with van der Waals surface area (Å²) in [5.74, 6) is -0.210. The van der Waals surface area contributed by atoms with E-state index in [4.69, 9.17) is 15.7 Å². The second-order valence-electron chi connectivity index (χ2n) is 4.88. The molecule has 0 bridgehead atoms. The third-order valence-electron chi connectivity index (χ3n) is 3.46. The van der Waals surface area contributed by atoms with Gasteiger partial charge in [0.05, 0.1) is 17.5 Å². The largest absolute Gasteiger partial charge is 0.409 e. The minimum Gasteiger partial charge on any atom is -0.409 e. The van der Waals surface area contributed by atoms with Gasteiger partial charge in [0.15, 0.2) is 5.84 Å². The van der Waals surface area contributed by atoms with E-state index in [-0.39, 0.29) is 17.7 Å². The minimum absolute atomic E-state index is 0.0754. The lowest BCUT2D eigenvalue weighted by Gasteiger charge is -2.23. The van der Waals surface area contributed by atoms with Gasteiger partial charge in [-0.3, -0.25) is 4.31 Å². The van der Waals surface area contributed by atoms with Crippen molar-refractivity contribution in [3.8, 4) is 0 Å². The van der Waals surface area contributed by atoms with Crippen LogP contribution in [0.5, 0.6) is 0 Å². The van der Waals surface area contributed by atoms with Gasteiger partial charge < -0.3 is 15.7 Å². The molecule has 21 heavy (non-hydrogen) atoms. The Morgan fingerprint density at radius 2 is 2.24 bits per heavy atom. The molecule has 0 aliphatic carbocycles. The molecule has 1 aliphatic heterocycles. The van der Waals surface area contributed by atoms with Crippen molar-refractivity contribution >= 4 is 21.5 Å². The van der Waals surface area contributed by atoms with Crippen LogP contribution in [0.3, 0.4) is 0 Å². The van der Waals surface area contributed by atoms with E-state index < -0.39 is 10.0 Å². The number of ether oxygens (including phenoxy) is 1. The molecule has 1 aromatic rings. The van der Waals surface area contributed by atoms with Crippen LogP contribution >= 0.6 is 0 Å². The summed E-state index contributed by atoms with van der Waals surface area (Å²) >= 11 is 0. The summed E-state index contributed by atoms with van der Waals surface area (Å²) in [7, 11) is -2.09. The van der Waals surface area contributed by atoms with E-state index in [0.29, 0.717) is 17.9 Å². The molecule has 1 unspecified atom stereocenters. The summed E-state index contributed by atoms with van der Waals surface area (Å²) in [5.41, 5.74) is 6.32. The van der Waals surface area contributed by atoms with Crippen molar-refractivity contribution in [3.05, 3.63) is 29.8 Å². The maximum Gasteiger partial charge on any atom is 0.237 e. The van der Waals surface area contributed by atoms with E-state index in [1.807, 2.05) is 0 Å². The quantitative estimate of drug-likeness (QED) is 0.361. The van der Waals surface area contributed by atoms with Gasteiger partial charge in [0.2, 0.25) is 10.0 Å². The highest BCUT2D eigenvalue weighted by atomic mass is 32.2. The van der Waals surface area contributed by atoms with E-state index in [1.165, 1.54) is 7.05 Å². The summed E-state index contributed by atoms with van der Waals surface area (Å²) in [6, 6.07) is 6.60.